The molecule has 1 unspecified atom stereocenters. The quantitative estimate of drug-likeness (QED) is 0.496. The highest BCUT2D eigenvalue weighted by atomic mass is 19.4. The average molecular weight is 437 g/mol. The van der Waals surface area contributed by atoms with Crippen molar-refractivity contribution in [2.24, 2.45) is 11.8 Å². The number of carboxylic acid groups (broad SMARTS) is 1. The van der Waals surface area contributed by atoms with Gasteiger partial charge in [-0.25, -0.2) is 4.79 Å². The van der Waals surface area contributed by atoms with Crippen molar-refractivity contribution in [3.63, 3.8) is 0 Å². The minimum atomic E-state index is -5.13. The van der Waals surface area contributed by atoms with E-state index in [0.717, 1.165) is 4.90 Å². The lowest BCUT2D eigenvalue weighted by Gasteiger charge is -2.31. The molecule has 1 fully saturated rings. The first-order valence-electron chi connectivity index (χ1n) is 9.44. The molecular weight excluding hydrogens is 411 g/mol. The van der Waals surface area contributed by atoms with Gasteiger partial charge in [0.25, 0.3) is 5.78 Å². The van der Waals surface area contributed by atoms with E-state index in [9.17, 15) is 37.1 Å². The number of ketones is 1. The molecule has 12 heteroatoms. The van der Waals surface area contributed by atoms with Gasteiger partial charge in [-0.1, -0.05) is 27.7 Å². The zero-order valence-corrected chi connectivity index (χ0v) is 17.1. The van der Waals surface area contributed by atoms with Crippen LogP contribution < -0.4 is 10.6 Å². The normalized spacial score (nSPS) is 18.8. The Hall–Kier alpha value is -2.66. The summed E-state index contributed by atoms with van der Waals surface area (Å²) >= 11 is 0. The smallest absolute Gasteiger partial charge is 0.452 e. The van der Waals surface area contributed by atoms with Crippen LogP contribution in [-0.2, 0) is 24.0 Å². The van der Waals surface area contributed by atoms with Crippen LogP contribution in [0.15, 0.2) is 0 Å². The molecular formula is C18H26F3N3O6. The molecule has 0 spiro atoms. The van der Waals surface area contributed by atoms with Gasteiger partial charge in [-0.2, -0.15) is 13.2 Å². The highest BCUT2D eigenvalue weighted by Crippen LogP contribution is 2.24. The van der Waals surface area contributed by atoms with Gasteiger partial charge in [-0.15, -0.1) is 0 Å². The third-order valence-electron chi connectivity index (χ3n) is 4.78. The van der Waals surface area contributed by atoms with Gasteiger partial charge in [0.15, 0.2) is 0 Å². The number of amides is 3. The van der Waals surface area contributed by atoms with E-state index in [-0.39, 0.29) is 13.0 Å². The SMILES string of the molecule is CC(C)C(NC(=O)[C@@H]1CCCN1C(=O)[C@@H](NC(=O)C(=O)O)C(C)C)C(=O)C(F)(F)F. The summed E-state index contributed by atoms with van der Waals surface area (Å²) in [5, 5.41) is 12.9. The molecule has 0 aromatic heterocycles. The summed E-state index contributed by atoms with van der Waals surface area (Å²) in [4.78, 5) is 60.5. The van der Waals surface area contributed by atoms with E-state index in [1.807, 2.05) is 0 Å². The molecule has 0 aliphatic carbocycles. The maximum Gasteiger partial charge on any atom is 0.452 e. The fourth-order valence-corrected chi connectivity index (χ4v) is 3.16. The van der Waals surface area contributed by atoms with E-state index >= 15 is 0 Å². The zero-order chi connectivity index (χ0) is 23.4. The number of carbonyl (C=O) groups excluding carboxylic acids is 4. The number of rotatable bonds is 7. The molecule has 3 atom stereocenters. The molecule has 0 radical (unpaired) electrons. The molecule has 170 valence electrons. The van der Waals surface area contributed by atoms with Crippen LogP contribution in [0.25, 0.3) is 0 Å². The molecule has 1 heterocycles. The lowest BCUT2D eigenvalue weighted by atomic mass is 9.98. The van der Waals surface area contributed by atoms with Gasteiger partial charge >= 0.3 is 18.1 Å². The largest absolute Gasteiger partial charge is 0.474 e. The second-order valence-electron chi connectivity index (χ2n) is 7.78. The predicted molar refractivity (Wildman–Crippen MR) is 97.0 cm³/mol. The number of alkyl halides is 3. The number of nitrogens with one attached hydrogen (secondary N) is 2. The highest BCUT2D eigenvalue weighted by molar-refractivity contribution is 6.32. The van der Waals surface area contributed by atoms with Crippen molar-refractivity contribution in [2.45, 2.75) is 64.8 Å². The molecule has 3 N–H and O–H groups in total. The lowest BCUT2D eigenvalue weighted by molar-refractivity contribution is -0.175. The lowest BCUT2D eigenvalue weighted by Crippen LogP contribution is -2.58. The van der Waals surface area contributed by atoms with Crippen LogP contribution in [0.3, 0.4) is 0 Å². The molecule has 1 rings (SSSR count). The van der Waals surface area contributed by atoms with Gasteiger partial charge < -0.3 is 20.6 Å². The topological polar surface area (TPSA) is 133 Å². The second kappa shape index (κ2) is 9.90. The number of Topliss-reactive ketones (excluding diaryl/α,β-unsaturated/α-hetero) is 1. The highest BCUT2D eigenvalue weighted by Gasteiger charge is 2.46. The van der Waals surface area contributed by atoms with E-state index in [2.05, 4.69) is 10.6 Å². The molecule has 30 heavy (non-hydrogen) atoms. The van der Waals surface area contributed by atoms with Gasteiger partial charge in [0.1, 0.15) is 12.1 Å². The summed E-state index contributed by atoms with van der Waals surface area (Å²) in [6, 6.07) is -4.18. The Labute approximate surface area is 171 Å². The Kier molecular flexibility index (Phi) is 8.37. The van der Waals surface area contributed by atoms with Crippen LogP contribution in [0.5, 0.6) is 0 Å². The van der Waals surface area contributed by atoms with Crippen LogP contribution in [0.1, 0.15) is 40.5 Å². The molecule has 1 aliphatic rings. The van der Waals surface area contributed by atoms with E-state index in [1.165, 1.54) is 13.8 Å². The number of nitrogens with zero attached hydrogens (tertiary/aromatic N) is 1. The minimum absolute atomic E-state index is 0.0998. The molecule has 1 aliphatic heterocycles. The Morgan fingerprint density at radius 1 is 0.967 bits per heavy atom. The number of likely N-dealkylation sites (tertiary alicyclic amines) is 1. The Balaban J connectivity index is 3.02. The fourth-order valence-electron chi connectivity index (χ4n) is 3.16. The Bertz CT molecular complexity index is 708. The molecule has 0 bridgehead atoms. The monoisotopic (exact) mass is 437 g/mol. The first-order valence-corrected chi connectivity index (χ1v) is 9.44. The number of hydrogen-bond donors (Lipinski definition) is 3. The van der Waals surface area contributed by atoms with Gasteiger partial charge in [-0.3, -0.25) is 19.2 Å². The van der Waals surface area contributed by atoms with Crippen molar-refractivity contribution >= 4 is 29.5 Å². The average Bonchev–Trinajstić information content (AvgIpc) is 3.11. The van der Waals surface area contributed by atoms with Crippen molar-refractivity contribution in [3.05, 3.63) is 0 Å². The van der Waals surface area contributed by atoms with Crippen molar-refractivity contribution in [2.75, 3.05) is 6.54 Å². The number of hydrogen-bond acceptors (Lipinski definition) is 5. The molecule has 1 saturated heterocycles. The number of carbonyl (C=O) groups is 5. The van der Waals surface area contributed by atoms with Crippen LogP contribution in [0.2, 0.25) is 0 Å². The van der Waals surface area contributed by atoms with E-state index in [4.69, 9.17) is 5.11 Å². The molecule has 0 saturated carbocycles. The zero-order valence-electron chi connectivity index (χ0n) is 17.1. The first-order chi connectivity index (χ1) is 13.7. The first kappa shape index (κ1) is 25.4. The summed E-state index contributed by atoms with van der Waals surface area (Å²) in [7, 11) is 0. The Morgan fingerprint density at radius 3 is 1.93 bits per heavy atom. The summed E-state index contributed by atoms with van der Waals surface area (Å²) in [6.45, 7) is 5.92. The summed E-state index contributed by atoms with van der Waals surface area (Å²) in [5.74, 6) is -8.25. The summed E-state index contributed by atoms with van der Waals surface area (Å²) < 4.78 is 38.5. The standard InChI is InChI=1S/C18H26F3N3O6/c1-8(2)11(13(25)18(19,20)21)22-14(26)10-6-5-7-24(10)16(28)12(9(3)4)23-15(27)17(29)30/h8-12H,5-7H2,1-4H3,(H,22,26)(H,23,27)(H,29,30)/t10-,11?,12-/m0/s1. The molecule has 0 aromatic rings. The molecule has 3 amide bonds. The Morgan fingerprint density at radius 2 is 1.50 bits per heavy atom. The van der Waals surface area contributed by atoms with E-state index in [0.29, 0.717) is 6.42 Å². The minimum Gasteiger partial charge on any atom is -0.474 e. The van der Waals surface area contributed by atoms with E-state index in [1.54, 1.807) is 13.8 Å². The van der Waals surface area contributed by atoms with Crippen molar-refractivity contribution in [3.8, 4) is 0 Å². The van der Waals surface area contributed by atoms with Crippen LogP contribution in [0, 0.1) is 11.8 Å². The van der Waals surface area contributed by atoms with Gasteiger partial charge in [0.05, 0.1) is 6.04 Å². The van der Waals surface area contributed by atoms with Gasteiger partial charge in [0, 0.05) is 6.54 Å². The number of halogens is 3. The van der Waals surface area contributed by atoms with Gasteiger partial charge in [-0.05, 0) is 24.7 Å². The molecule has 0 aromatic carbocycles. The third kappa shape index (κ3) is 6.17. The van der Waals surface area contributed by atoms with Crippen LogP contribution in [-0.4, -0.2) is 70.3 Å². The number of aliphatic carboxylic acids is 1. The van der Waals surface area contributed by atoms with Crippen molar-refractivity contribution in [1.29, 1.82) is 0 Å². The number of carboxylic acids is 1. The predicted octanol–water partition coefficient (Wildman–Crippen LogP) is 0.475. The van der Waals surface area contributed by atoms with Crippen LogP contribution >= 0.6 is 0 Å². The maximum atomic E-state index is 12.9. The fraction of sp³-hybridized carbons (Fsp3) is 0.722. The van der Waals surface area contributed by atoms with Gasteiger partial charge in [0.2, 0.25) is 11.8 Å². The summed E-state index contributed by atoms with van der Waals surface area (Å²) in [5.41, 5.74) is 0. The maximum absolute atomic E-state index is 12.9. The van der Waals surface area contributed by atoms with Crippen LogP contribution in [0.4, 0.5) is 13.2 Å². The van der Waals surface area contributed by atoms with Crippen molar-refractivity contribution < 1.29 is 42.3 Å². The third-order valence-corrected chi connectivity index (χ3v) is 4.78. The summed E-state index contributed by atoms with van der Waals surface area (Å²) in [6.07, 6.45) is -4.60. The molecule has 9 nitrogen and oxygen atoms in total. The van der Waals surface area contributed by atoms with Crippen molar-refractivity contribution in [1.82, 2.24) is 15.5 Å². The second-order valence-corrected chi connectivity index (χ2v) is 7.78. The van der Waals surface area contributed by atoms with E-state index < -0.39 is 65.6 Å².